The van der Waals surface area contributed by atoms with Crippen molar-refractivity contribution in [2.24, 2.45) is 10.5 Å². The first kappa shape index (κ1) is 13.2. The lowest BCUT2D eigenvalue weighted by atomic mass is 9.60. The molecule has 1 spiro atoms. The van der Waals surface area contributed by atoms with Crippen LogP contribution in [-0.4, -0.2) is 54.5 Å². The van der Waals surface area contributed by atoms with E-state index in [0.717, 1.165) is 25.9 Å². The Hall–Kier alpha value is -1.26. The number of likely N-dealkylation sites (tertiary alicyclic amines) is 1. The highest BCUT2D eigenvalue weighted by Crippen LogP contribution is 2.50. The Bertz CT molecular complexity index is 348. The molecule has 5 nitrogen and oxygen atoms in total. The quantitative estimate of drug-likeness (QED) is 0.558. The van der Waals surface area contributed by atoms with Gasteiger partial charge in [-0.1, -0.05) is 0 Å². The largest absolute Gasteiger partial charge is 0.444 e. The van der Waals surface area contributed by atoms with Gasteiger partial charge in [0.2, 0.25) is 0 Å². The van der Waals surface area contributed by atoms with Gasteiger partial charge in [-0.15, -0.1) is 0 Å². The first-order valence-corrected chi connectivity index (χ1v) is 6.42. The van der Waals surface area contributed by atoms with Crippen LogP contribution in [0.1, 0.15) is 33.6 Å². The fourth-order valence-electron chi connectivity index (χ4n) is 2.80. The van der Waals surface area contributed by atoms with Crippen molar-refractivity contribution in [2.45, 2.75) is 45.3 Å². The number of rotatable bonds is 2. The van der Waals surface area contributed by atoms with Crippen molar-refractivity contribution in [3.63, 3.8) is 0 Å². The summed E-state index contributed by atoms with van der Waals surface area (Å²) >= 11 is 0. The Balaban J connectivity index is 1.75. The van der Waals surface area contributed by atoms with Gasteiger partial charge in [0.25, 0.3) is 0 Å². The van der Waals surface area contributed by atoms with Crippen molar-refractivity contribution in [3.05, 3.63) is 0 Å². The van der Waals surface area contributed by atoms with Crippen LogP contribution in [-0.2, 0) is 4.74 Å². The maximum Gasteiger partial charge on any atom is 0.410 e. The third kappa shape index (κ3) is 2.44. The lowest BCUT2D eigenvalue weighted by molar-refractivity contribution is -0.103. The smallest absolute Gasteiger partial charge is 0.410 e. The van der Waals surface area contributed by atoms with Crippen LogP contribution in [0.25, 0.3) is 0 Å². The number of nitrogens with zero attached hydrogens (tertiary/aromatic N) is 3. The minimum absolute atomic E-state index is 0.188. The van der Waals surface area contributed by atoms with Crippen LogP contribution in [0.4, 0.5) is 4.79 Å². The van der Waals surface area contributed by atoms with E-state index >= 15 is 0 Å². The molecule has 18 heavy (non-hydrogen) atoms. The summed E-state index contributed by atoms with van der Waals surface area (Å²) in [5.74, 6) is 0. The monoisotopic (exact) mass is 253 g/mol. The third-order valence-electron chi connectivity index (χ3n) is 3.79. The minimum Gasteiger partial charge on any atom is -0.444 e. The highest BCUT2D eigenvalue weighted by Gasteiger charge is 2.55. The molecule has 0 aromatic rings. The maximum absolute atomic E-state index is 11.8. The van der Waals surface area contributed by atoms with Crippen LogP contribution in [0.5, 0.6) is 0 Å². The summed E-state index contributed by atoms with van der Waals surface area (Å²) in [6, 6.07) is 0.489. The van der Waals surface area contributed by atoms with Gasteiger partial charge in [-0.25, -0.2) is 4.79 Å². The predicted molar refractivity (Wildman–Crippen MR) is 70.6 cm³/mol. The molecule has 1 saturated heterocycles. The van der Waals surface area contributed by atoms with Crippen molar-refractivity contribution in [3.8, 4) is 0 Å². The van der Waals surface area contributed by atoms with Crippen LogP contribution in [0, 0.1) is 5.41 Å². The molecular formula is C13H23N3O2. The minimum atomic E-state index is -0.408. The number of carbonyl (C=O) groups is 1. The fourth-order valence-corrected chi connectivity index (χ4v) is 2.80. The van der Waals surface area contributed by atoms with E-state index in [9.17, 15) is 4.79 Å². The Morgan fingerprint density at radius 2 is 2.00 bits per heavy atom. The van der Waals surface area contributed by atoms with Crippen molar-refractivity contribution in [1.82, 2.24) is 9.91 Å². The van der Waals surface area contributed by atoms with Crippen LogP contribution < -0.4 is 0 Å². The molecule has 0 atom stereocenters. The molecule has 1 saturated carbocycles. The standard InChI is InChI=1S/C13H23N3O2/c1-12(2,3)18-11(17)16-8-13(9-16)6-10(7-13)15(5)14-4/h10H,4,6-9H2,1-3,5H3. The van der Waals surface area contributed by atoms with E-state index in [0.29, 0.717) is 11.5 Å². The van der Waals surface area contributed by atoms with E-state index in [2.05, 4.69) is 11.8 Å². The summed E-state index contributed by atoms with van der Waals surface area (Å²) in [4.78, 5) is 13.6. The average molecular weight is 253 g/mol. The van der Waals surface area contributed by atoms with Crippen LogP contribution >= 0.6 is 0 Å². The number of hydrogen-bond donors (Lipinski definition) is 0. The summed E-state index contributed by atoms with van der Waals surface area (Å²) in [6.45, 7) is 10.9. The number of carbonyl (C=O) groups excluding carboxylic acids is 1. The van der Waals surface area contributed by atoms with Gasteiger partial charge < -0.3 is 9.64 Å². The van der Waals surface area contributed by atoms with Gasteiger partial charge in [0.1, 0.15) is 5.60 Å². The Kier molecular flexibility index (Phi) is 3.03. The molecule has 5 heteroatoms. The molecule has 2 aliphatic rings. The predicted octanol–water partition coefficient (Wildman–Crippen LogP) is 1.93. The fraction of sp³-hybridized carbons (Fsp3) is 0.846. The van der Waals surface area contributed by atoms with Gasteiger partial charge in [0.05, 0.1) is 0 Å². The van der Waals surface area contributed by atoms with Crippen molar-refractivity contribution in [1.29, 1.82) is 0 Å². The second-order valence-electron chi connectivity index (χ2n) is 6.61. The molecule has 1 aliphatic heterocycles. The van der Waals surface area contributed by atoms with Crippen molar-refractivity contribution >= 4 is 12.8 Å². The number of amides is 1. The van der Waals surface area contributed by atoms with Crippen molar-refractivity contribution < 1.29 is 9.53 Å². The van der Waals surface area contributed by atoms with Crippen molar-refractivity contribution in [2.75, 3.05) is 20.1 Å². The molecule has 1 heterocycles. The molecule has 1 amide bonds. The third-order valence-corrected chi connectivity index (χ3v) is 3.79. The van der Waals surface area contributed by atoms with E-state index < -0.39 is 5.60 Å². The summed E-state index contributed by atoms with van der Waals surface area (Å²) < 4.78 is 5.35. The molecule has 1 aliphatic carbocycles. The van der Waals surface area contributed by atoms with E-state index in [1.54, 1.807) is 4.90 Å². The summed E-state index contributed by atoms with van der Waals surface area (Å²) in [7, 11) is 1.95. The molecular weight excluding hydrogens is 230 g/mol. The Morgan fingerprint density at radius 1 is 1.44 bits per heavy atom. The number of hydrogen-bond acceptors (Lipinski definition) is 4. The van der Waals surface area contributed by atoms with E-state index in [4.69, 9.17) is 4.74 Å². The second kappa shape index (κ2) is 4.14. The number of ether oxygens (including phenoxy) is 1. The van der Waals surface area contributed by atoms with E-state index in [1.807, 2.05) is 32.8 Å². The summed E-state index contributed by atoms with van der Waals surface area (Å²) in [5, 5.41) is 5.83. The first-order valence-electron chi connectivity index (χ1n) is 6.42. The zero-order chi connectivity index (χ0) is 13.6. The zero-order valence-electron chi connectivity index (χ0n) is 11.8. The van der Waals surface area contributed by atoms with Gasteiger partial charge >= 0.3 is 6.09 Å². The summed E-state index contributed by atoms with van der Waals surface area (Å²) in [5.41, 5.74) is -0.0878. The van der Waals surface area contributed by atoms with Crippen LogP contribution in [0.15, 0.2) is 5.10 Å². The lowest BCUT2D eigenvalue weighted by Crippen LogP contribution is -2.67. The topological polar surface area (TPSA) is 45.1 Å². The normalized spacial score (nSPS) is 22.1. The molecule has 102 valence electrons. The molecule has 0 aromatic heterocycles. The van der Waals surface area contributed by atoms with E-state index in [-0.39, 0.29) is 6.09 Å². The average Bonchev–Trinajstić information content (AvgIpc) is 2.09. The molecule has 0 aromatic carbocycles. The zero-order valence-corrected chi connectivity index (χ0v) is 11.8. The summed E-state index contributed by atoms with van der Waals surface area (Å²) in [6.07, 6.45) is 2.01. The van der Waals surface area contributed by atoms with Gasteiger partial charge in [0, 0.05) is 38.3 Å². The Labute approximate surface area is 109 Å². The lowest BCUT2D eigenvalue weighted by Gasteiger charge is -2.59. The molecule has 0 unspecified atom stereocenters. The molecule has 0 N–H and O–H groups in total. The Morgan fingerprint density at radius 3 is 2.44 bits per heavy atom. The molecule has 0 radical (unpaired) electrons. The van der Waals surface area contributed by atoms with Gasteiger partial charge in [-0.3, -0.25) is 5.01 Å². The molecule has 2 rings (SSSR count). The van der Waals surface area contributed by atoms with Crippen LogP contribution in [0.3, 0.4) is 0 Å². The van der Waals surface area contributed by atoms with Gasteiger partial charge in [-0.2, -0.15) is 5.10 Å². The highest BCUT2D eigenvalue weighted by atomic mass is 16.6. The highest BCUT2D eigenvalue weighted by molar-refractivity contribution is 5.69. The van der Waals surface area contributed by atoms with Gasteiger partial charge in [0.15, 0.2) is 0 Å². The number of hydrazone groups is 1. The second-order valence-corrected chi connectivity index (χ2v) is 6.61. The van der Waals surface area contributed by atoms with Crippen LogP contribution in [0.2, 0.25) is 0 Å². The SMILES string of the molecule is C=NN(C)C1CC2(C1)CN(C(=O)OC(C)(C)C)C2. The van der Waals surface area contributed by atoms with E-state index in [1.165, 1.54) is 0 Å². The first-order chi connectivity index (χ1) is 8.25. The van der Waals surface area contributed by atoms with Gasteiger partial charge in [-0.05, 0) is 33.6 Å². The maximum atomic E-state index is 11.8. The molecule has 2 fully saturated rings. The molecule has 0 bridgehead atoms.